The highest BCUT2D eigenvalue weighted by Crippen LogP contribution is 2.13. The van der Waals surface area contributed by atoms with Crippen LogP contribution in [0, 0.1) is 0 Å². The fourth-order valence-corrected chi connectivity index (χ4v) is 1.15. The van der Waals surface area contributed by atoms with E-state index in [4.69, 9.17) is 0 Å². The second kappa shape index (κ2) is 4.27. The van der Waals surface area contributed by atoms with Gasteiger partial charge in [-0.1, -0.05) is 52.4 Å². The van der Waals surface area contributed by atoms with Gasteiger partial charge in [-0.2, -0.15) is 0 Å². The zero-order valence-electron chi connectivity index (χ0n) is 7.05. The molecule has 12 heavy (non-hydrogen) atoms. The monoisotopic (exact) mass is 222 g/mol. The molecule has 0 radical (unpaired) electrons. The molecule has 0 bridgehead atoms. The average Bonchev–Trinajstić information content (AvgIpc) is 2.09. The summed E-state index contributed by atoms with van der Waals surface area (Å²) in [7, 11) is 0. The molecule has 0 aliphatic rings. The Kier molecular flexibility index (Phi) is 3.30. The van der Waals surface area contributed by atoms with Gasteiger partial charge in [-0.05, 0) is 24.6 Å². The molecule has 0 unspecified atom stereocenters. The minimum atomic E-state index is 1.11. The number of hydrogen-bond acceptors (Lipinski definition) is 0. The van der Waals surface area contributed by atoms with E-state index < -0.39 is 0 Å². The van der Waals surface area contributed by atoms with E-state index in [9.17, 15) is 0 Å². The van der Waals surface area contributed by atoms with E-state index in [1.165, 1.54) is 11.1 Å². The molecule has 0 amide bonds. The lowest BCUT2D eigenvalue weighted by Crippen LogP contribution is -1.72. The van der Waals surface area contributed by atoms with Crippen molar-refractivity contribution in [3.8, 4) is 0 Å². The third-order valence-corrected chi connectivity index (χ3v) is 2.11. The van der Waals surface area contributed by atoms with E-state index in [0.29, 0.717) is 0 Å². The lowest BCUT2D eigenvalue weighted by Gasteiger charge is -1.95. The molecule has 1 heteroatoms. The van der Waals surface area contributed by atoms with Gasteiger partial charge in [-0.15, -0.1) is 0 Å². The Morgan fingerprint density at radius 1 is 1.33 bits per heavy atom. The van der Waals surface area contributed by atoms with Gasteiger partial charge < -0.3 is 0 Å². The number of halogens is 1. The van der Waals surface area contributed by atoms with Gasteiger partial charge >= 0.3 is 0 Å². The Labute approximate surface area is 81.7 Å². The van der Waals surface area contributed by atoms with E-state index in [0.717, 1.165) is 4.47 Å². The highest BCUT2D eigenvalue weighted by molar-refractivity contribution is 9.10. The largest absolute Gasteiger partial charge is 0.0988 e. The molecule has 0 aliphatic carbocycles. The first-order chi connectivity index (χ1) is 5.72. The molecule has 62 valence electrons. The Bertz CT molecular complexity index is 293. The quantitative estimate of drug-likeness (QED) is 0.663. The van der Waals surface area contributed by atoms with E-state index in [-0.39, 0.29) is 0 Å². The van der Waals surface area contributed by atoms with Crippen molar-refractivity contribution < 1.29 is 0 Å². The zero-order valence-corrected chi connectivity index (χ0v) is 8.64. The molecule has 0 aliphatic heterocycles. The van der Waals surface area contributed by atoms with Crippen LogP contribution in [0.5, 0.6) is 0 Å². The van der Waals surface area contributed by atoms with Gasteiger partial charge in [0.25, 0.3) is 0 Å². The predicted octanol–water partition coefficient (Wildman–Crippen LogP) is 4.04. The molecule has 0 atom stereocenters. The number of rotatable bonds is 2. The summed E-state index contributed by atoms with van der Waals surface area (Å²) in [6.45, 7) is 5.73. The Morgan fingerprint density at radius 2 is 1.92 bits per heavy atom. The van der Waals surface area contributed by atoms with E-state index >= 15 is 0 Å². The van der Waals surface area contributed by atoms with Crippen LogP contribution < -0.4 is 0 Å². The van der Waals surface area contributed by atoms with E-state index in [1.807, 2.05) is 25.1 Å². The summed E-state index contributed by atoms with van der Waals surface area (Å²) in [4.78, 5) is 0. The first-order valence-corrected chi connectivity index (χ1v) is 4.58. The standard InChI is InChI=1S/C11H11Br/c1-3-9(2)8-10-4-6-11(12)7-5-10/h3-8H,1H2,2H3/b9-8+. The molecular formula is C11H11Br. The summed E-state index contributed by atoms with van der Waals surface area (Å²) >= 11 is 3.39. The minimum Gasteiger partial charge on any atom is -0.0988 e. The molecule has 0 saturated heterocycles. The van der Waals surface area contributed by atoms with E-state index in [1.54, 1.807) is 0 Å². The second-order valence-electron chi connectivity index (χ2n) is 2.64. The summed E-state index contributed by atoms with van der Waals surface area (Å²) in [6, 6.07) is 8.19. The van der Waals surface area contributed by atoms with Crippen LogP contribution in [0.1, 0.15) is 12.5 Å². The molecule has 0 N–H and O–H groups in total. The minimum absolute atomic E-state index is 1.11. The van der Waals surface area contributed by atoms with Gasteiger partial charge in [0, 0.05) is 4.47 Å². The van der Waals surface area contributed by atoms with Gasteiger partial charge in [0.05, 0.1) is 0 Å². The van der Waals surface area contributed by atoms with Crippen molar-refractivity contribution in [1.82, 2.24) is 0 Å². The smallest absolute Gasteiger partial charge is 0.0175 e. The Morgan fingerprint density at radius 3 is 2.42 bits per heavy atom. The summed E-state index contributed by atoms with van der Waals surface area (Å²) in [5, 5.41) is 0. The molecule has 1 aromatic carbocycles. The highest BCUT2D eigenvalue weighted by atomic mass is 79.9. The number of allylic oxidation sites excluding steroid dienone is 2. The summed E-state index contributed by atoms with van der Waals surface area (Å²) in [5.41, 5.74) is 2.38. The lowest BCUT2D eigenvalue weighted by molar-refractivity contribution is 1.54. The van der Waals surface area contributed by atoms with Crippen molar-refractivity contribution in [1.29, 1.82) is 0 Å². The molecule has 1 aromatic rings. The van der Waals surface area contributed by atoms with Crippen molar-refractivity contribution in [2.24, 2.45) is 0 Å². The normalized spacial score (nSPS) is 11.3. The number of hydrogen-bond donors (Lipinski definition) is 0. The maximum absolute atomic E-state index is 3.70. The predicted molar refractivity (Wildman–Crippen MR) is 58.0 cm³/mol. The van der Waals surface area contributed by atoms with Crippen LogP contribution in [0.3, 0.4) is 0 Å². The summed E-state index contributed by atoms with van der Waals surface area (Å²) < 4.78 is 1.11. The third-order valence-electron chi connectivity index (χ3n) is 1.59. The van der Waals surface area contributed by atoms with Crippen molar-refractivity contribution in [3.63, 3.8) is 0 Å². The van der Waals surface area contributed by atoms with E-state index in [2.05, 4.69) is 40.7 Å². The number of benzene rings is 1. The average molecular weight is 223 g/mol. The zero-order chi connectivity index (χ0) is 8.97. The first-order valence-electron chi connectivity index (χ1n) is 3.78. The molecule has 0 nitrogen and oxygen atoms in total. The van der Waals surface area contributed by atoms with Gasteiger partial charge in [0.2, 0.25) is 0 Å². The second-order valence-corrected chi connectivity index (χ2v) is 3.56. The Hall–Kier alpha value is -0.820. The van der Waals surface area contributed by atoms with Crippen LogP contribution in [0.15, 0.2) is 47.0 Å². The fraction of sp³-hybridized carbons (Fsp3) is 0.0909. The highest BCUT2D eigenvalue weighted by Gasteiger charge is 1.87. The topological polar surface area (TPSA) is 0 Å². The van der Waals surface area contributed by atoms with Crippen LogP contribution in [-0.2, 0) is 0 Å². The molecule has 0 fully saturated rings. The van der Waals surface area contributed by atoms with Gasteiger partial charge in [0.15, 0.2) is 0 Å². The van der Waals surface area contributed by atoms with Gasteiger partial charge in [-0.25, -0.2) is 0 Å². The Balaban J connectivity index is 2.91. The van der Waals surface area contributed by atoms with Crippen molar-refractivity contribution in [3.05, 3.63) is 52.5 Å². The third kappa shape index (κ3) is 2.67. The summed E-state index contributed by atoms with van der Waals surface area (Å²) in [5.74, 6) is 0. The van der Waals surface area contributed by atoms with Gasteiger partial charge in [-0.3, -0.25) is 0 Å². The van der Waals surface area contributed by atoms with Gasteiger partial charge in [0.1, 0.15) is 0 Å². The molecule has 0 aromatic heterocycles. The van der Waals surface area contributed by atoms with Crippen LogP contribution in [-0.4, -0.2) is 0 Å². The fourth-order valence-electron chi connectivity index (χ4n) is 0.881. The molecule has 1 rings (SSSR count). The summed E-state index contributed by atoms with van der Waals surface area (Å²) in [6.07, 6.45) is 3.95. The molecule has 0 saturated carbocycles. The van der Waals surface area contributed by atoms with Crippen molar-refractivity contribution >= 4 is 22.0 Å². The molecule has 0 spiro atoms. The van der Waals surface area contributed by atoms with Crippen LogP contribution in [0.4, 0.5) is 0 Å². The van der Waals surface area contributed by atoms with Crippen LogP contribution in [0.25, 0.3) is 6.08 Å². The maximum atomic E-state index is 3.70. The molecule has 0 heterocycles. The van der Waals surface area contributed by atoms with Crippen LogP contribution in [0.2, 0.25) is 0 Å². The lowest BCUT2D eigenvalue weighted by atomic mass is 10.1. The van der Waals surface area contributed by atoms with Crippen molar-refractivity contribution in [2.75, 3.05) is 0 Å². The first kappa shape index (κ1) is 9.27. The van der Waals surface area contributed by atoms with Crippen molar-refractivity contribution in [2.45, 2.75) is 6.92 Å². The maximum Gasteiger partial charge on any atom is 0.0175 e. The SMILES string of the molecule is C=C/C(C)=C/c1ccc(Br)cc1. The molecular weight excluding hydrogens is 212 g/mol. The van der Waals surface area contributed by atoms with Crippen LogP contribution >= 0.6 is 15.9 Å².